The molecular weight excluding hydrogens is 290 g/mol. The molecule has 2 N–H and O–H groups in total. The van der Waals surface area contributed by atoms with Crippen molar-refractivity contribution in [2.45, 2.75) is 25.6 Å². The van der Waals surface area contributed by atoms with Gasteiger partial charge in [-0.05, 0) is 13.3 Å². The van der Waals surface area contributed by atoms with Gasteiger partial charge in [0.15, 0.2) is 7.37 Å². The van der Waals surface area contributed by atoms with Crippen LogP contribution in [-0.4, -0.2) is 48.6 Å². The molecule has 0 spiro atoms. The second kappa shape index (κ2) is 6.91. The first-order valence-corrected chi connectivity index (χ1v) is 7.57. The Morgan fingerprint density at radius 2 is 1.95 bits per heavy atom. The van der Waals surface area contributed by atoms with Crippen LogP contribution in [0.25, 0.3) is 0 Å². The Hall–Kier alpha value is -1.08. The fourth-order valence-electron chi connectivity index (χ4n) is 1.20. The lowest BCUT2D eigenvalue weighted by Gasteiger charge is -2.18. The monoisotopic (exact) mass is 305 g/mol. The van der Waals surface area contributed by atoms with Crippen molar-refractivity contribution in [3.05, 3.63) is 0 Å². The van der Waals surface area contributed by atoms with Crippen LogP contribution >= 0.6 is 7.37 Å². The molecule has 19 heavy (non-hydrogen) atoms. The molecule has 10 heteroatoms. The van der Waals surface area contributed by atoms with E-state index in [4.69, 9.17) is 9.63 Å². The average Bonchev–Trinajstić information content (AvgIpc) is 2.21. The van der Waals surface area contributed by atoms with Gasteiger partial charge in [0.1, 0.15) is 6.04 Å². The summed E-state index contributed by atoms with van der Waals surface area (Å²) in [4.78, 5) is 21.4. The smallest absolute Gasteiger partial charge is 0.471 e. The summed E-state index contributed by atoms with van der Waals surface area (Å²) in [6, 6.07) is -1.76. The number of aliphatic carboxylic acids is 1. The second-order valence-corrected chi connectivity index (χ2v) is 6.54. The van der Waals surface area contributed by atoms with E-state index >= 15 is 0 Å². The van der Waals surface area contributed by atoms with Gasteiger partial charge in [-0.25, -0.2) is 4.79 Å². The van der Waals surface area contributed by atoms with Gasteiger partial charge in [-0.1, -0.05) is 0 Å². The first-order valence-electron chi connectivity index (χ1n) is 5.31. The number of amides is 1. The van der Waals surface area contributed by atoms with E-state index in [2.05, 4.69) is 0 Å². The molecule has 0 aliphatic carbocycles. The van der Waals surface area contributed by atoms with E-state index in [1.54, 1.807) is 6.92 Å². The number of carbonyl (C=O) groups is 2. The van der Waals surface area contributed by atoms with Crippen LogP contribution in [0.1, 0.15) is 13.3 Å². The molecule has 0 heterocycles. The molecule has 0 aromatic carbocycles. The summed E-state index contributed by atoms with van der Waals surface area (Å²) >= 11 is 0. The molecule has 0 saturated heterocycles. The van der Waals surface area contributed by atoms with Gasteiger partial charge in [0.05, 0.1) is 6.61 Å². The van der Waals surface area contributed by atoms with Crippen molar-refractivity contribution >= 4 is 19.2 Å². The third-order valence-corrected chi connectivity index (χ3v) is 3.96. The van der Waals surface area contributed by atoms with Crippen LogP contribution < -0.4 is 5.32 Å². The lowest BCUT2D eigenvalue weighted by Crippen LogP contribution is -2.47. The average molecular weight is 305 g/mol. The van der Waals surface area contributed by atoms with Crippen molar-refractivity contribution in [3.8, 4) is 0 Å². The van der Waals surface area contributed by atoms with Gasteiger partial charge in [-0.15, -0.1) is 0 Å². The fourth-order valence-corrected chi connectivity index (χ4v) is 2.60. The zero-order valence-electron chi connectivity index (χ0n) is 10.4. The van der Waals surface area contributed by atoms with E-state index in [-0.39, 0.29) is 12.8 Å². The maximum atomic E-state index is 12.0. The van der Waals surface area contributed by atoms with Crippen molar-refractivity contribution < 1.29 is 37.0 Å². The minimum Gasteiger partial charge on any atom is -0.480 e. The summed E-state index contributed by atoms with van der Waals surface area (Å²) < 4.78 is 52.5. The molecule has 0 fully saturated rings. The number of carboxylic acid groups (broad SMARTS) is 1. The zero-order valence-corrected chi connectivity index (χ0v) is 11.3. The molecule has 0 aliphatic heterocycles. The molecule has 0 rings (SSSR count). The predicted octanol–water partition coefficient (Wildman–Crippen LogP) is 1.45. The van der Waals surface area contributed by atoms with Crippen LogP contribution in [0.4, 0.5) is 13.2 Å². The lowest BCUT2D eigenvalue weighted by molar-refractivity contribution is -0.175. The van der Waals surface area contributed by atoms with Gasteiger partial charge in [0.25, 0.3) is 0 Å². The van der Waals surface area contributed by atoms with Crippen LogP contribution in [0.3, 0.4) is 0 Å². The highest BCUT2D eigenvalue weighted by molar-refractivity contribution is 7.58. The Morgan fingerprint density at radius 3 is 2.32 bits per heavy atom. The third kappa shape index (κ3) is 7.17. The van der Waals surface area contributed by atoms with Gasteiger partial charge in [-0.3, -0.25) is 9.36 Å². The van der Waals surface area contributed by atoms with Crippen molar-refractivity contribution in [1.29, 1.82) is 0 Å². The van der Waals surface area contributed by atoms with Crippen LogP contribution in [0, 0.1) is 0 Å². The zero-order chi connectivity index (χ0) is 15.3. The van der Waals surface area contributed by atoms with E-state index < -0.39 is 37.9 Å². The van der Waals surface area contributed by atoms with Crippen LogP contribution in [0.2, 0.25) is 0 Å². The number of rotatable bonds is 7. The highest BCUT2D eigenvalue weighted by Gasteiger charge is 2.41. The SMILES string of the molecule is CCOP(C)(=O)CCC(NC(=O)C(F)(F)F)C(=O)O. The predicted molar refractivity (Wildman–Crippen MR) is 60.3 cm³/mol. The highest BCUT2D eigenvalue weighted by Crippen LogP contribution is 2.43. The maximum Gasteiger partial charge on any atom is 0.471 e. The Balaban J connectivity index is 4.57. The molecular formula is C9H15F3NO5P. The van der Waals surface area contributed by atoms with Crippen molar-refractivity contribution in [2.24, 2.45) is 0 Å². The normalized spacial score (nSPS) is 16.5. The largest absolute Gasteiger partial charge is 0.480 e. The summed E-state index contributed by atoms with van der Waals surface area (Å²) in [5.74, 6) is -3.98. The van der Waals surface area contributed by atoms with Gasteiger partial charge < -0.3 is 14.9 Å². The standard InChI is InChI=1S/C9H15F3NO5P/c1-3-18-19(2,17)5-4-6(7(14)15)13-8(16)9(10,11)12/h6H,3-5H2,1-2H3,(H,13,16)(H,14,15). The molecule has 1 amide bonds. The van der Waals surface area contributed by atoms with Crippen LogP contribution in [-0.2, 0) is 18.7 Å². The topological polar surface area (TPSA) is 92.7 Å². The van der Waals surface area contributed by atoms with E-state index in [0.29, 0.717) is 0 Å². The Kier molecular flexibility index (Phi) is 6.51. The summed E-state index contributed by atoms with van der Waals surface area (Å²) in [6.07, 6.45) is -5.82. The number of hydrogen-bond donors (Lipinski definition) is 2. The Morgan fingerprint density at radius 1 is 1.42 bits per heavy atom. The van der Waals surface area contributed by atoms with Crippen molar-refractivity contribution in [3.63, 3.8) is 0 Å². The van der Waals surface area contributed by atoms with E-state index in [9.17, 15) is 27.3 Å². The first-order chi connectivity index (χ1) is 8.49. The first kappa shape index (κ1) is 17.9. The number of alkyl halides is 3. The summed E-state index contributed by atoms with van der Waals surface area (Å²) in [5, 5.41) is 10.0. The molecule has 112 valence electrons. The van der Waals surface area contributed by atoms with E-state index in [1.807, 2.05) is 0 Å². The van der Waals surface area contributed by atoms with Crippen LogP contribution in [0.15, 0.2) is 0 Å². The number of carbonyl (C=O) groups excluding carboxylic acids is 1. The third-order valence-electron chi connectivity index (χ3n) is 2.09. The van der Waals surface area contributed by atoms with E-state index in [1.165, 1.54) is 12.0 Å². The van der Waals surface area contributed by atoms with Crippen LogP contribution in [0.5, 0.6) is 0 Å². The fraction of sp³-hybridized carbons (Fsp3) is 0.778. The maximum absolute atomic E-state index is 12.0. The molecule has 0 saturated carbocycles. The Bertz CT molecular complexity index is 385. The van der Waals surface area contributed by atoms with Crippen molar-refractivity contribution in [1.82, 2.24) is 5.32 Å². The van der Waals surface area contributed by atoms with E-state index in [0.717, 1.165) is 0 Å². The molecule has 6 nitrogen and oxygen atoms in total. The molecule has 2 atom stereocenters. The molecule has 0 aliphatic rings. The number of carboxylic acids is 1. The molecule has 0 radical (unpaired) electrons. The van der Waals surface area contributed by atoms with Gasteiger partial charge >= 0.3 is 18.1 Å². The quantitative estimate of drug-likeness (QED) is 0.695. The van der Waals surface area contributed by atoms with Crippen molar-refractivity contribution in [2.75, 3.05) is 19.4 Å². The van der Waals surface area contributed by atoms with Gasteiger partial charge in [0, 0.05) is 12.8 Å². The van der Waals surface area contributed by atoms with Gasteiger partial charge in [0.2, 0.25) is 0 Å². The molecule has 2 unspecified atom stereocenters. The lowest BCUT2D eigenvalue weighted by atomic mass is 10.2. The molecule has 0 bridgehead atoms. The summed E-state index contributed by atoms with van der Waals surface area (Å²) in [7, 11) is -3.07. The number of nitrogens with one attached hydrogen (secondary N) is 1. The number of halogens is 3. The minimum absolute atomic E-state index is 0.139. The number of hydrogen-bond acceptors (Lipinski definition) is 4. The summed E-state index contributed by atoms with van der Waals surface area (Å²) in [5.41, 5.74) is 0. The Labute approximate surface area is 107 Å². The minimum atomic E-state index is -5.16. The summed E-state index contributed by atoms with van der Waals surface area (Å²) in [6.45, 7) is 2.97. The van der Waals surface area contributed by atoms with Gasteiger partial charge in [-0.2, -0.15) is 13.2 Å². The highest BCUT2D eigenvalue weighted by atomic mass is 31.2. The second-order valence-electron chi connectivity index (χ2n) is 3.81. The molecule has 0 aromatic rings. The molecule has 0 aromatic heterocycles.